The van der Waals surface area contributed by atoms with E-state index in [4.69, 9.17) is 0 Å². The van der Waals surface area contributed by atoms with Crippen LogP contribution in [0.2, 0.25) is 0 Å². The normalized spacial score (nSPS) is 12.1. The van der Waals surface area contributed by atoms with E-state index in [0.717, 1.165) is 19.3 Å². The van der Waals surface area contributed by atoms with Gasteiger partial charge in [-0.2, -0.15) is 0 Å². The molecule has 1 rings (SSSR count). The molecular weight excluding hydrogens is 288 g/mol. The summed E-state index contributed by atoms with van der Waals surface area (Å²) in [7, 11) is 0. The number of nitro benzene ring substituents is 1. The molecule has 0 radical (unpaired) electrons. The predicted octanol–water partition coefficient (Wildman–Crippen LogP) is 6.32. The molecule has 0 heterocycles. The Bertz CT molecular complexity index is 449. The van der Waals surface area contributed by atoms with Crippen LogP contribution in [0.4, 0.5) is 11.4 Å². The fraction of sp³-hybridized carbons (Fsp3) is 0.684. The van der Waals surface area contributed by atoms with Crippen LogP contribution >= 0.6 is 0 Å². The van der Waals surface area contributed by atoms with Crippen molar-refractivity contribution in [1.29, 1.82) is 0 Å². The van der Waals surface area contributed by atoms with Crippen molar-refractivity contribution in [1.82, 2.24) is 0 Å². The second-order valence-electron chi connectivity index (χ2n) is 6.31. The lowest BCUT2D eigenvalue weighted by Gasteiger charge is -2.19. The van der Waals surface area contributed by atoms with Gasteiger partial charge in [-0.15, -0.1) is 0 Å². The van der Waals surface area contributed by atoms with E-state index in [9.17, 15) is 10.1 Å². The van der Waals surface area contributed by atoms with E-state index in [1.54, 1.807) is 12.1 Å². The summed E-state index contributed by atoms with van der Waals surface area (Å²) < 4.78 is 0. The minimum absolute atomic E-state index is 0.174. The Labute approximate surface area is 140 Å². The number of nitrogens with zero attached hydrogens (tertiary/aromatic N) is 1. The number of unbranched alkanes of at least 4 members (excludes halogenated alkanes) is 6. The van der Waals surface area contributed by atoms with E-state index in [0.29, 0.717) is 11.7 Å². The lowest BCUT2D eigenvalue weighted by atomic mass is 10.0. The van der Waals surface area contributed by atoms with Gasteiger partial charge >= 0.3 is 0 Å². The molecule has 0 saturated heterocycles. The first-order chi connectivity index (χ1) is 11.2. The number of hydrogen-bond acceptors (Lipinski definition) is 3. The first kappa shape index (κ1) is 19.5. The van der Waals surface area contributed by atoms with Crippen LogP contribution in [-0.4, -0.2) is 11.0 Å². The molecule has 0 saturated carbocycles. The van der Waals surface area contributed by atoms with Crippen molar-refractivity contribution in [2.75, 3.05) is 5.32 Å². The van der Waals surface area contributed by atoms with E-state index in [1.165, 1.54) is 44.9 Å². The Morgan fingerprint density at radius 3 is 2.26 bits per heavy atom. The fourth-order valence-electron chi connectivity index (χ4n) is 2.96. The molecule has 0 fully saturated rings. The highest BCUT2D eigenvalue weighted by Gasteiger charge is 2.15. The zero-order valence-corrected chi connectivity index (χ0v) is 14.7. The zero-order valence-electron chi connectivity index (χ0n) is 14.7. The average molecular weight is 320 g/mol. The largest absolute Gasteiger partial charge is 0.377 e. The van der Waals surface area contributed by atoms with Crippen molar-refractivity contribution in [3.8, 4) is 0 Å². The number of nitrogens with one attached hydrogen (secondary N) is 1. The Balaban J connectivity index is 2.42. The Morgan fingerprint density at radius 2 is 1.61 bits per heavy atom. The number of hydrogen-bond donors (Lipinski definition) is 1. The molecule has 4 nitrogen and oxygen atoms in total. The number of nitro groups is 1. The molecule has 1 N–H and O–H groups in total. The van der Waals surface area contributed by atoms with Gasteiger partial charge in [0.05, 0.1) is 4.92 Å². The Morgan fingerprint density at radius 1 is 0.957 bits per heavy atom. The first-order valence-corrected chi connectivity index (χ1v) is 9.19. The third-order valence-corrected chi connectivity index (χ3v) is 4.25. The molecule has 0 aliphatic carbocycles. The highest BCUT2D eigenvalue weighted by Crippen LogP contribution is 2.26. The standard InChI is InChI=1S/C19H32N2O2/c1-3-5-6-7-8-9-10-14-17(13-4-2)20-18-15-11-12-16-19(18)21(22)23/h11-12,15-17,20H,3-10,13-14H2,1-2H3. The van der Waals surface area contributed by atoms with Gasteiger partial charge in [-0.1, -0.05) is 77.3 Å². The van der Waals surface area contributed by atoms with Crippen LogP contribution in [0.3, 0.4) is 0 Å². The van der Waals surface area contributed by atoms with Crippen LogP contribution < -0.4 is 5.32 Å². The van der Waals surface area contributed by atoms with E-state index in [2.05, 4.69) is 19.2 Å². The van der Waals surface area contributed by atoms with Crippen LogP contribution in [-0.2, 0) is 0 Å². The second-order valence-corrected chi connectivity index (χ2v) is 6.31. The summed E-state index contributed by atoms with van der Waals surface area (Å²) in [5.74, 6) is 0. The monoisotopic (exact) mass is 320 g/mol. The van der Waals surface area contributed by atoms with Crippen LogP contribution in [0, 0.1) is 10.1 Å². The number of benzene rings is 1. The molecule has 23 heavy (non-hydrogen) atoms. The molecule has 0 spiro atoms. The lowest BCUT2D eigenvalue weighted by Crippen LogP contribution is -2.19. The topological polar surface area (TPSA) is 55.2 Å². The smallest absolute Gasteiger partial charge is 0.292 e. The maximum absolute atomic E-state index is 11.1. The molecule has 0 bridgehead atoms. The fourth-order valence-corrected chi connectivity index (χ4v) is 2.96. The van der Waals surface area contributed by atoms with E-state index < -0.39 is 0 Å². The molecule has 0 aliphatic heterocycles. The summed E-state index contributed by atoms with van der Waals surface area (Å²) in [5.41, 5.74) is 0.826. The zero-order chi connectivity index (χ0) is 16.9. The summed E-state index contributed by atoms with van der Waals surface area (Å²) in [6, 6.07) is 7.28. The summed E-state index contributed by atoms with van der Waals surface area (Å²) in [5, 5.41) is 14.5. The van der Waals surface area contributed by atoms with Crippen molar-refractivity contribution >= 4 is 11.4 Å². The van der Waals surface area contributed by atoms with Gasteiger partial charge in [0, 0.05) is 12.1 Å². The maximum atomic E-state index is 11.1. The third kappa shape index (κ3) is 8.00. The molecule has 0 aromatic heterocycles. The Hall–Kier alpha value is -1.58. The van der Waals surface area contributed by atoms with Crippen molar-refractivity contribution in [3.05, 3.63) is 34.4 Å². The van der Waals surface area contributed by atoms with Crippen LogP contribution in [0.25, 0.3) is 0 Å². The second kappa shape index (κ2) is 11.9. The van der Waals surface area contributed by atoms with Crippen LogP contribution in [0.5, 0.6) is 0 Å². The van der Waals surface area contributed by atoms with Gasteiger partial charge in [-0.25, -0.2) is 0 Å². The SMILES string of the molecule is CCCCCCCCCC(CCC)Nc1ccccc1[N+](=O)[O-]. The first-order valence-electron chi connectivity index (χ1n) is 9.19. The molecule has 1 atom stereocenters. The van der Waals surface area contributed by atoms with Crippen LogP contribution in [0.15, 0.2) is 24.3 Å². The van der Waals surface area contributed by atoms with E-state index >= 15 is 0 Å². The average Bonchev–Trinajstić information content (AvgIpc) is 2.54. The predicted molar refractivity (Wildman–Crippen MR) is 98.0 cm³/mol. The van der Waals surface area contributed by atoms with Crippen molar-refractivity contribution in [3.63, 3.8) is 0 Å². The highest BCUT2D eigenvalue weighted by atomic mass is 16.6. The third-order valence-electron chi connectivity index (χ3n) is 4.25. The van der Waals surface area contributed by atoms with Gasteiger partial charge in [0.1, 0.15) is 5.69 Å². The minimum Gasteiger partial charge on any atom is -0.377 e. The summed E-state index contributed by atoms with van der Waals surface area (Å²) in [4.78, 5) is 10.8. The number of para-hydroxylation sites is 2. The van der Waals surface area contributed by atoms with E-state index in [1.807, 2.05) is 12.1 Å². The van der Waals surface area contributed by atoms with Gasteiger partial charge in [0.15, 0.2) is 0 Å². The molecule has 1 aromatic carbocycles. The molecule has 0 amide bonds. The van der Waals surface area contributed by atoms with Crippen molar-refractivity contribution in [2.45, 2.75) is 84.1 Å². The molecule has 130 valence electrons. The van der Waals surface area contributed by atoms with Gasteiger partial charge in [-0.3, -0.25) is 10.1 Å². The van der Waals surface area contributed by atoms with Gasteiger partial charge in [0.2, 0.25) is 0 Å². The minimum atomic E-state index is -0.306. The van der Waals surface area contributed by atoms with Crippen LogP contribution in [0.1, 0.15) is 78.1 Å². The maximum Gasteiger partial charge on any atom is 0.292 e. The number of anilines is 1. The van der Waals surface area contributed by atoms with Gasteiger partial charge < -0.3 is 5.32 Å². The van der Waals surface area contributed by atoms with Gasteiger partial charge in [0.25, 0.3) is 5.69 Å². The molecule has 4 heteroatoms. The van der Waals surface area contributed by atoms with E-state index in [-0.39, 0.29) is 10.6 Å². The highest BCUT2D eigenvalue weighted by molar-refractivity contribution is 5.61. The molecule has 0 aliphatic rings. The molecule has 1 unspecified atom stereocenters. The molecular formula is C19H32N2O2. The van der Waals surface area contributed by atoms with Gasteiger partial charge in [-0.05, 0) is 18.9 Å². The summed E-state index contributed by atoms with van der Waals surface area (Å²) in [6.45, 7) is 4.41. The van der Waals surface area contributed by atoms with Crippen molar-refractivity contribution < 1.29 is 4.92 Å². The Kier molecular flexibility index (Phi) is 10.1. The van der Waals surface area contributed by atoms with Crippen molar-refractivity contribution in [2.24, 2.45) is 0 Å². The summed E-state index contributed by atoms with van der Waals surface area (Å²) in [6.07, 6.45) is 12.3. The quantitative estimate of drug-likeness (QED) is 0.263. The lowest BCUT2D eigenvalue weighted by molar-refractivity contribution is -0.384. The summed E-state index contributed by atoms with van der Waals surface area (Å²) >= 11 is 0. The molecule has 1 aromatic rings. The number of rotatable bonds is 13.